The van der Waals surface area contributed by atoms with E-state index in [2.05, 4.69) is 15.2 Å². The Kier molecular flexibility index (Phi) is 1.88. The van der Waals surface area contributed by atoms with Crippen LogP contribution in [0.2, 0.25) is 0 Å². The lowest BCUT2D eigenvalue weighted by atomic mass is 10.3. The van der Waals surface area contributed by atoms with E-state index in [1.54, 1.807) is 12.4 Å². The molecule has 0 aliphatic heterocycles. The summed E-state index contributed by atoms with van der Waals surface area (Å²) in [6, 6.07) is 1.87. The zero-order chi connectivity index (χ0) is 9.26. The van der Waals surface area contributed by atoms with Gasteiger partial charge in [-0.05, 0) is 13.8 Å². The van der Waals surface area contributed by atoms with E-state index < -0.39 is 0 Å². The average molecular weight is 177 g/mol. The van der Waals surface area contributed by atoms with Gasteiger partial charge in [-0.15, -0.1) is 0 Å². The fourth-order valence-electron chi connectivity index (χ4n) is 1.13. The van der Waals surface area contributed by atoms with Gasteiger partial charge in [0, 0.05) is 11.5 Å². The summed E-state index contributed by atoms with van der Waals surface area (Å²) >= 11 is 0. The molecule has 4 heteroatoms. The monoisotopic (exact) mass is 177 g/mol. The van der Waals surface area contributed by atoms with Gasteiger partial charge in [0.2, 0.25) is 5.88 Å². The molecule has 0 atom stereocenters. The zero-order valence-electron chi connectivity index (χ0n) is 7.61. The summed E-state index contributed by atoms with van der Waals surface area (Å²) < 4.78 is 5.44. The van der Waals surface area contributed by atoms with Crippen molar-refractivity contribution in [2.24, 2.45) is 0 Å². The molecule has 2 rings (SSSR count). The molecule has 0 saturated carbocycles. The van der Waals surface area contributed by atoms with Gasteiger partial charge in [0.1, 0.15) is 0 Å². The summed E-state index contributed by atoms with van der Waals surface area (Å²) in [7, 11) is 0. The molecule has 0 unspecified atom stereocenters. The summed E-state index contributed by atoms with van der Waals surface area (Å²) in [6.07, 6.45) is 3.63. The molecule has 0 saturated heterocycles. The van der Waals surface area contributed by atoms with Gasteiger partial charge < -0.3 is 4.74 Å². The van der Waals surface area contributed by atoms with Gasteiger partial charge >= 0.3 is 0 Å². The highest BCUT2D eigenvalue weighted by Crippen LogP contribution is 2.15. The molecule has 0 amide bonds. The van der Waals surface area contributed by atoms with Gasteiger partial charge in [-0.25, -0.2) is 4.98 Å². The Morgan fingerprint density at radius 2 is 2.23 bits per heavy atom. The highest BCUT2D eigenvalue weighted by molar-refractivity contribution is 5.77. The average Bonchev–Trinajstić information content (AvgIpc) is 2.49. The van der Waals surface area contributed by atoms with Crippen LogP contribution in [0.5, 0.6) is 5.88 Å². The van der Waals surface area contributed by atoms with Crippen molar-refractivity contribution in [1.82, 2.24) is 15.2 Å². The van der Waals surface area contributed by atoms with Crippen LogP contribution in [-0.2, 0) is 0 Å². The predicted octanol–water partition coefficient (Wildman–Crippen LogP) is 1.75. The van der Waals surface area contributed by atoms with Crippen LogP contribution < -0.4 is 4.74 Å². The molecule has 2 aromatic rings. The quantitative estimate of drug-likeness (QED) is 0.760. The molecule has 13 heavy (non-hydrogen) atoms. The summed E-state index contributed by atoms with van der Waals surface area (Å²) in [5.41, 5.74) is 0.927. The van der Waals surface area contributed by atoms with Crippen LogP contribution in [-0.4, -0.2) is 21.3 Å². The number of nitrogens with one attached hydrogen (secondary N) is 1. The van der Waals surface area contributed by atoms with E-state index >= 15 is 0 Å². The number of aromatic nitrogens is 3. The Labute approximate surface area is 75.9 Å². The first-order valence-electron chi connectivity index (χ1n) is 4.21. The zero-order valence-corrected chi connectivity index (χ0v) is 7.61. The van der Waals surface area contributed by atoms with Crippen molar-refractivity contribution in [3.63, 3.8) is 0 Å². The Morgan fingerprint density at radius 1 is 1.38 bits per heavy atom. The maximum Gasteiger partial charge on any atom is 0.214 e. The van der Waals surface area contributed by atoms with Crippen LogP contribution in [0.4, 0.5) is 0 Å². The fraction of sp³-hybridized carbons (Fsp3) is 0.333. The summed E-state index contributed by atoms with van der Waals surface area (Å²) in [6.45, 7) is 3.95. The van der Waals surface area contributed by atoms with Crippen LogP contribution in [0.15, 0.2) is 18.5 Å². The summed E-state index contributed by atoms with van der Waals surface area (Å²) in [5.74, 6) is 0.643. The van der Waals surface area contributed by atoms with Crippen LogP contribution >= 0.6 is 0 Å². The molecule has 0 aliphatic rings. The molecular formula is C9H11N3O. The maximum atomic E-state index is 5.44. The fourth-order valence-corrected chi connectivity index (χ4v) is 1.13. The minimum Gasteiger partial charge on any atom is -0.475 e. The van der Waals surface area contributed by atoms with Crippen molar-refractivity contribution in [2.75, 3.05) is 0 Å². The first kappa shape index (κ1) is 8.04. The molecule has 2 heterocycles. The summed E-state index contributed by atoms with van der Waals surface area (Å²) in [4.78, 5) is 4.13. The predicted molar refractivity (Wildman–Crippen MR) is 49.7 cm³/mol. The largest absolute Gasteiger partial charge is 0.475 e. The van der Waals surface area contributed by atoms with Crippen molar-refractivity contribution < 1.29 is 4.74 Å². The lowest BCUT2D eigenvalue weighted by Crippen LogP contribution is -2.06. The van der Waals surface area contributed by atoms with Gasteiger partial charge in [-0.1, -0.05) is 0 Å². The van der Waals surface area contributed by atoms with E-state index in [1.165, 1.54) is 0 Å². The Balaban J connectivity index is 2.37. The number of fused-ring (bicyclic) bond motifs is 1. The van der Waals surface area contributed by atoms with E-state index in [1.807, 2.05) is 19.9 Å². The second-order valence-corrected chi connectivity index (χ2v) is 3.15. The van der Waals surface area contributed by atoms with Gasteiger partial charge in [-0.2, -0.15) is 5.10 Å². The molecule has 0 spiro atoms. The highest BCUT2D eigenvalue weighted by Gasteiger charge is 2.01. The topological polar surface area (TPSA) is 50.8 Å². The van der Waals surface area contributed by atoms with Crippen LogP contribution in [0.1, 0.15) is 13.8 Å². The molecule has 2 aromatic heterocycles. The van der Waals surface area contributed by atoms with Crippen LogP contribution in [0.3, 0.4) is 0 Å². The number of aromatic amines is 1. The van der Waals surface area contributed by atoms with Crippen molar-refractivity contribution in [3.8, 4) is 5.88 Å². The van der Waals surface area contributed by atoms with E-state index in [4.69, 9.17) is 4.74 Å². The van der Waals surface area contributed by atoms with Crippen molar-refractivity contribution in [3.05, 3.63) is 18.5 Å². The second kappa shape index (κ2) is 3.05. The first-order valence-corrected chi connectivity index (χ1v) is 4.21. The highest BCUT2D eigenvalue weighted by atomic mass is 16.5. The summed E-state index contributed by atoms with van der Waals surface area (Å²) in [5, 5.41) is 7.75. The third-order valence-electron chi connectivity index (χ3n) is 1.66. The third kappa shape index (κ3) is 1.61. The lowest BCUT2D eigenvalue weighted by Gasteiger charge is -2.07. The SMILES string of the molecule is CC(C)Oc1cc2cn[nH]c2cn1. The molecule has 0 aliphatic carbocycles. The van der Waals surface area contributed by atoms with E-state index in [9.17, 15) is 0 Å². The number of hydrogen-bond donors (Lipinski definition) is 1. The Bertz CT molecular complexity index is 408. The van der Waals surface area contributed by atoms with Gasteiger partial charge in [-0.3, -0.25) is 5.10 Å². The molecule has 1 N–H and O–H groups in total. The normalized spacial score (nSPS) is 11.0. The smallest absolute Gasteiger partial charge is 0.214 e. The number of pyridine rings is 1. The van der Waals surface area contributed by atoms with Crippen molar-refractivity contribution in [2.45, 2.75) is 20.0 Å². The second-order valence-electron chi connectivity index (χ2n) is 3.15. The minimum atomic E-state index is 0.150. The molecule has 0 fully saturated rings. The minimum absolute atomic E-state index is 0.150. The van der Waals surface area contributed by atoms with Crippen molar-refractivity contribution in [1.29, 1.82) is 0 Å². The molecule has 0 bridgehead atoms. The van der Waals surface area contributed by atoms with Gasteiger partial charge in [0.15, 0.2) is 0 Å². The van der Waals surface area contributed by atoms with Gasteiger partial charge in [0.25, 0.3) is 0 Å². The lowest BCUT2D eigenvalue weighted by molar-refractivity contribution is 0.233. The molecular weight excluding hydrogens is 166 g/mol. The van der Waals surface area contributed by atoms with Crippen LogP contribution in [0.25, 0.3) is 10.9 Å². The van der Waals surface area contributed by atoms with E-state index in [0.717, 1.165) is 10.9 Å². The number of rotatable bonds is 2. The Hall–Kier alpha value is -1.58. The number of hydrogen-bond acceptors (Lipinski definition) is 3. The van der Waals surface area contributed by atoms with Gasteiger partial charge in [0.05, 0.1) is 24.0 Å². The number of H-pyrrole nitrogens is 1. The maximum absolute atomic E-state index is 5.44. The first-order chi connectivity index (χ1) is 6.25. The number of ether oxygens (including phenoxy) is 1. The third-order valence-corrected chi connectivity index (χ3v) is 1.66. The van der Waals surface area contributed by atoms with Crippen molar-refractivity contribution >= 4 is 10.9 Å². The van der Waals surface area contributed by atoms with E-state index in [-0.39, 0.29) is 6.10 Å². The van der Waals surface area contributed by atoms with E-state index in [0.29, 0.717) is 5.88 Å². The molecule has 0 aromatic carbocycles. The van der Waals surface area contributed by atoms with Crippen LogP contribution in [0, 0.1) is 0 Å². The molecule has 68 valence electrons. The molecule has 0 radical (unpaired) electrons. The molecule has 4 nitrogen and oxygen atoms in total. The standard InChI is InChI=1S/C9H11N3O/c1-6(2)13-9-3-7-4-11-12-8(7)5-10-9/h3-6H,1-2H3,(H,11,12). The number of nitrogens with zero attached hydrogens (tertiary/aromatic N) is 2. The Morgan fingerprint density at radius 3 is 3.00 bits per heavy atom.